The lowest BCUT2D eigenvalue weighted by atomic mass is 9.90. The molecule has 0 amide bonds. The van der Waals surface area contributed by atoms with Gasteiger partial charge in [-0.3, -0.25) is 4.79 Å². The number of hydrogen-bond acceptors (Lipinski definition) is 3. The van der Waals surface area contributed by atoms with Crippen molar-refractivity contribution in [2.24, 2.45) is 7.05 Å². The second-order valence-electron chi connectivity index (χ2n) is 5.11. The molecule has 0 bridgehead atoms. The van der Waals surface area contributed by atoms with Gasteiger partial charge in [0.15, 0.2) is 0 Å². The standard InChI is InChI=1S/C15H17N3O2/c1-17-9-7-16-14(17)10-18-8-6-12(15(19)20)11-4-2-3-5-13(11)18/h2-5,7,9,12H,6,8,10H2,1H3,(H,19,20). The molecule has 0 spiro atoms. The van der Waals surface area contributed by atoms with E-state index in [0.717, 1.165) is 23.6 Å². The van der Waals surface area contributed by atoms with Crippen LogP contribution in [0.3, 0.4) is 0 Å². The second kappa shape index (κ2) is 5.00. The number of anilines is 1. The van der Waals surface area contributed by atoms with E-state index in [-0.39, 0.29) is 0 Å². The minimum Gasteiger partial charge on any atom is -0.481 e. The third kappa shape index (κ3) is 2.15. The van der Waals surface area contributed by atoms with Crippen LogP contribution >= 0.6 is 0 Å². The molecule has 2 heterocycles. The summed E-state index contributed by atoms with van der Waals surface area (Å²) in [6.07, 6.45) is 4.34. The number of carboxylic acid groups (broad SMARTS) is 1. The SMILES string of the molecule is Cn1ccnc1CN1CCC(C(=O)O)c2ccccc21. The van der Waals surface area contributed by atoms with E-state index in [1.165, 1.54) is 0 Å². The highest BCUT2D eigenvalue weighted by Gasteiger charge is 2.29. The Bertz CT molecular complexity index is 636. The lowest BCUT2D eigenvalue weighted by Gasteiger charge is -2.34. The first kappa shape index (κ1) is 12.7. The van der Waals surface area contributed by atoms with Crippen molar-refractivity contribution in [3.63, 3.8) is 0 Å². The Morgan fingerprint density at radius 3 is 2.95 bits per heavy atom. The number of rotatable bonds is 3. The molecule has 3 rings (SSSR count). The highest BCUT2D eigenvalue weighted by Crippen LogP contribution is 2.35. The van der Waals surface area contributed by atoms with Crippen molar-refractivity contribution >= 4 is 11.7 Å². The van der Waals surface area contributed by atoms with Crippen molar-refractivity contribution in [1.82, 2.24) is 9.55 Å². The molecule has 1 N–H and O–H groups in total. The van der Waals surface area contributed by atoms with Crippen LogP contribution in [-0.2, 0) is 18.4 Å². The van der Waals surface area contributed by atoms with Gasteiger partial charge in [0.05, 0.1) is 12.5 Å². The number of fused-ring (bicyclic) bond motifs is 1. The Hall–Kier alpha value is -2.30. The summed E-state index contributed by atoms with van der Waals surface area (Å²) in [7, 11) is 1.97. The topological polar surface area (TPSA) is 58.4 Å². The van der Waals surface area contributed by atoms with Crippen molar-refractivity contribution in [3.05, 3.63) is 48.0 Å². The van der Waals surface area contributed by atoms with Crippen molar-refractivity contribution < 1.29 is 9.90 Å². The fourth-order valence-electron chi connectivity index (χ4n) is 2.77. The normalized spacial score (nSPS) is 17.9. The lowest BCUT2D eigenvalue weighted by Crippen LogP contribution is -2.33. The number of aliphatic carboxylic acids is 1. The number of imidazole rings is 1. The molecular formula is C15H17N3O2. The van der Waals surface area contributed by atoms with Crippen molar-refractivity contribution in [2.75, 3.05) is 11.4 Å². The molecule has 0 aliphatic carbocycles. The predicted octanol–water partition coefficient (Wildman–Crippen LogP) is 2.00. The Kier molecular flexibility index (Phi) is 3.18. The highest BCUT2D eigenvalue weighted by atomic mass is 16.4. The summed E-state index contributed by atoms with van der Waals surface area (Å²) in [4.78, 5) is 17.9. The van der Waals surface area contributed by atoms with E-state index in [0.29, 0.717) is 13.0 Å². The Labute approximate surface area is 117 Å². The Morgan fingerprint density at radius 1 is 1.45 bits per heavy atom. The van der Waals surface area contributed by atoms with Crippen LogP contribution in [0.5, 0.6) is 0 Å². The molecule has 0 radical (unpaired) electrons. The maximum absolute atomic E-state index is 11.4. The highest BCUT2D eigenvalue weighted by molar-refractivity contribution is 5.80. The zero-order chi connectivity index (χ0) is 14.1. The molecule has 0 saturated heterocycles. The van der Waals surface area contributed by atoms with E-state index in [1.54, 1.807) is 6.20 Å². The summed E-state index contributed by atoms with van der Waals surface area (Å²) in [5, 5.41) is 9.34. The van der Waals surface area contributed by atoms with Crippen LogP contribution in [0.4, 0.5) is 5.69 Å². The average Bonchev–Trinajstić information content (AvgIpc) is 2.84. The fourth-order valence-corrected chi connectivity index (χ4v) is 2.77. The fraction of sp³-hybridized carbons (Fsp3) is 0.333. The van der Waals surface area contributed by atoms with E-state index >= 15 is 0 Å². The summed E-state index contributed by atoms with van der Waals surface area (Å²) in [6.45, 7) is 1.44. The molecular weight excluding hydrogens is 254 g/mol. The molecule has 1 aromatic heterocycles. The summed E-state index contributed by atoms with van der Waals surface area (Å²) >= 11 is 0. The molecule has 5 nitrogen and oxygen atoms in total. The summed E-state index contributed by atoms with van der Waals surface area (Å²) in [5.41, 5.74) is 1.91. The Morgan fingerprint density at radius 2 is 2.25 bits per heavy atom. The molecule has 0 fully saturated rings. The summed E-state index contributed by atoms with van der Waals surface area (Å²) in [5.74, 6) is -0.161. The van der Waals surface area contributed by atoms with Crippen LogP contribution in [0, 0.1) is 0 Å². The first-order chi connectivity index (χ1) is 9.66. The molecule has 1 aliphatic heterocycles. The first-order valence-electron chi connectivity index (χ1n) is 6.69. The molecule has 20 heavy (non-hydrogen) atoms. The zero-order valence-corrected chi connectivity index (χ0v) is 11.4. The molecule has 2 aromatic rings. The zero-order valence-electron chi connectivity index (χ0n) is 11.4. The number of carboxylic acids is 1. The molecule has 1 aromatic carbocycles. The number of para-hydroxylation sites is 1. The number of nitrogens with zero attached hydrogens (tertiary/aromatic N) is 3. The third-order valence-electron chi connectivity index (χ3n) is 3.89. The van der Waals surface area contributed by atoms with Gasteiger partial charge in [-0.05, 0) is 18.1 Å². The van der Waals surface area contributed by atoms with Crippen LogP contribution in [-0.4, -0.2) is 27.2 Å². The van der Waals surface area contributed by atoms with Crippen molar-refractivity contribution in [1.29, 1.82) is 0 Å². The quantitative estimate of drug-likeness (QED) is 0.927. The van der Waals surface area contributed by atoms with Crippen LogP contribution in [0.25, 0.3) is 0 Å². The van der Waals surface area contributed by atoms with Gasteiger partial charge in [0, 0.05) is 31.7 Å². The number of carbonyl (C=O) groups is 1. The van der Waals surface area contributed by atoms with Gasteiger partial charge in [-0.1, -0.05) is 18.2 Å². The minimum absolute atomic E-state index is 0.399. The monoisotopic (exact) mass is 271 g/mol. The van der Waals surface area contributed by atoms with Gasteiger partial charge in [-0.25, -0.2) is 4.98 Å². The van der Waals surface area contributed by atoms with Crippen LogP contribution in [0.2, 0.25) is 0 Å². The van der Waals surface area contributed by atoms with Gasteiger partial charge >= 0.3 is 5.97 Å². The van der Waals surface area contributed by atoms with Crippen molar-refractivity contribution in [2.45, 2.75) is 18.9 Å². The summed E-state index contributed by atoms with van der Waals surface area (Å²) < 4.78 is 1.99. The largest absolute Gasteiger partial charge is 0.481 e. The molecule has 104 valence electrons. The number of aryl methyl sites for hydroxylation is 1. The summed E-state index contributed by atoms with van der Waals surface area (Å²) in [6, 6.07) is 7.76. The van der Waals surface area contributed by atoms with Crippen LogP contribution < -0.4 is 4.90 Å². The molecule has 1 aliphatic rings. The molecule has 5 heteroatoms. The number of hydrogen-bond donors (Lipinski definition) is 1. The average molecular weight is 271 g/mol. The van der Waals surface area contributed by atoms with Gasteiger partial charge in [0.2, 0.25) is 0 Å². The number of aromatic nitrogens is 2. The predicted molar refractivity (Wildman–Crippen MR) is 75.7 cm³/mol. The van der Waals surface area contributed by atoms with Gasteiger partial charge in [-0.15, -0.1) is 0 Å². The van der Waals surface area contributed by atoms with Crippen molar-refractivity contribution in [3.8, 4) is 0 Å². The van der Waals surface area contributed by atoms with Crippen LogP contribution in [0.15, 0.2) is 36.7 Å². The first-order valence-corrected chi connectivity index (χ1v) is 6.69. The van der Waals surface area contributed by atoms with Gasteiger partial charge in [0.1, 0.15) is 5.82 Å². The van der Waals surface area contributed by atoms with E-state index in [9.17, 15) is 9.90 Å². The third-order valence-corrected chi connectivity index (χ3v) is 3.89. The number of benzene rings is 1. The maximum atomic E-state index is 11.4. The smallest absolute Gasteiger partial charge is 0.311 e. The maximum Gasteiger partial charge on any atom is 0.311 e. The van der Waals surface area contributed by atoms with Gasteiger partial charge in [0.25, 0.3) is 0 Å². The van der Waals surface area contributed by atoms with E-state index < -0.39 is 11.9 Å². The minimum atomic E-state index is -0.742. The molecule has 0 saturated carbocycles. The molecule has 1 unspecified atom stereocenters. The lowest BCUT2D eigenvalue weighted by molar-refractivity contribution is -0.139. The van der Waals surface area contributed by atoms with E-state index in [2.05, 4.69) is 9.88 Å². The van der Waals surface area contributed by atoms with Gasteiger partial charge in [-0.2, -0.15) is 0 Å². The van der Waals surface area contributed by atoms with E-state index in [4.69, 9.17) is 0 Å². The Balaban J connectivity index is 1.93. The van der Waals surface area contributed by atoms with Gasteiger partial charge < -0.3 is 14.6 Å². The van der Waals surface area contributed by atoms with E-state index in [1.807, 2.05) is 42.1 Å². The molecule has 1 atom stereocenters. The second-order valence-corrected chi connectivity index (χ2v) is 5.11. The van der Waals surface area contributed by atoms with Crippen LogP contribution in [0.1, 0.15) is 23.7 Å².